The van der Waals surface area contributed by atoms with Crippen LogP contribution < -0.4 is 9.66 Å². The number of nitrogens with zero attached hydrogens (tertiary/aromatic N) is 1. The molecule has 0 aromatic heterocycles. The van der Waals surface area contributed by atoms with Gasteiger partial charge < -0.3 is 14.5 Å². The van der Waals surface area contributed by atoms with Crippen molar-refractivity contribution in [2.45, 2.75) is 0 Å². The number of carbonyl (C=O) groups excluding carboxylic acids is 1. The summed E-state index contributed by atoms with van der Waals surface area (Å²) in [6.07, 6.45) is 1.06. The molecule has 11 heteroatoms. The molecule has 1 aromatic carbocycles. The van der Waals surface area contributed by atoms with E-state index < -0.39 is 28.3 Å². The van der Waals surface area contributed by atoms with Crippen LogP contribution in [0, 0.1) is 5.41 Å². The smallest absolute Gasteiger partial charge is 0.212 e. The van der Waals surface area contributed by atoms with Gasteiger partial charge in [0.05, 0.1) is 5.71 Å². The van der Waals surface area contributed by atoms with Gasteiger partial charge in [0, 0.05) is 33.7 Å². The second-order valence-corrected chi connectivity index (χ2v) is 5.11. The average Bonchev–Trinajstić information content (AvgIpc) is 2.41. The summed E-state index contributed by atoms with van der Waals surface area (Å²) in [6.45, 7) is 0. The zero-order chi connectivity index (χ0) is 15.6. The fourth-order valence-electron chi connectivity index (χ4n) is 1.77. The van der Waals surface area contributed by atoms with Crippen LogP contribution in [0.4, 0.5) is 0 Å². The van der Waals surface area contributed by atoms with Crippen LogP contribution in [-0.2, 0) is 22.5 Å². The summed E-state index contributed by atoms with van der Waals surface area (Å²) in [5.74, 6) is -0.627. The van der Waals surface area contributed by atoms with E-state index in [9.17, 15) is 22.3 Å². The molecular formula is C10H8N4O5S2-2. The highest BCUT2D eigenvalue weighted by Crippen LogP contribution is 2.21. The minimum absolute atomic E-state index is 0.0536. The van der Waals surface area contributed by atoms with Crippen LogP contribution in [0.25, 0.3) is 0 Å². The first-order valence-corrected chi connectivity index (χ1v) is 7.50. The SMILES string of the molecule is N=C1C=C(N(NS(=O)[O-])NS(=O)[O-])C(=O)c2ccccc21. The first-order valence-electron chi connectivity index (χ1n) is 5.35. The molecule has 1 aliphatic rings. The minimum atomic E-state index is -2.87. The third-order valence-corrected chi connectivity index (χ3v) is 3.21. The van der Waals surface area contributed by atoms with Crippen molar-refractivity contribution < 1.29 is 22.3 Å². The highest BCUT2D eigenvalue weighted by molar-refractivity contribution is 7.77. The zero-order valence-corrected chi connectivity index (χ0v) is 11.8. The Morgan fingerprint density at radius 1 is 1.05 bits per heavy atom. The van der Waals surface area contributed by atoms with E-state index in [-0.39, 0.29) is 17.0 Å². The molecule has 0 saturated heterocycles. The standard InChI is InChI=1S/C10H10N4O5S2/c11-8-5-9(14(12-20(16)17)13-21(18)19)10(15)7-4-2-1-3-6(7)8/h1-5,11-13H,(H,16,17)(H,18,19)/p-2. The van der Waals surface area contributed by atoms with E-state index in [0.717, 1.165) is 6.08 Å². The minimum Gasteiger partial charge on any atom is -0.758 e. The van der Waals surface area contributed by atoms with Crippen molar-refractivity contribution in [3.05, 3.63) is 47.2 Å². The number of allylic oxidation sites excluding steroid dienone is 2. The Kier molecular flexibility index (Phi) is 4.72. The molecule has 0 amide bonds. The molecule has 3 N–H and O–H groups in total. The number of hydrogen-bond acceptors (Lipinski definition) is 7. The van der Waals surface area contributed by atoms with Gasteiger partial charge >= 0.3 is 0 Å². The number of carbonyl (C=O) groups is 1. The van der Waals surface area contributed by atoms with Gasteiger partial charge in [-0.1, -0.05) is 24.3 Å². The number of rotatable bonds is 5. The maximum Gasteiger partial charge on any atom is 0.212 e. The van der Waals surface area contributed by atoms with Gasteiger partial charge in [0.25, 0.3) is 0 Å². The Labute approximate surface area is 124 Å². The number of fused-ring (bicyclic) bond motifs is 1. The number of hydrazine groups is 2. The van der Waals surface area contributed by atoms with E-state index >= 15 is 0 Å². The fraction of sp³-hybridized carbons (Fsp3) is 0. The Balaban J connectivity index is 2.42. The lowest BCUT2D eigenvalue weighted by Crippen LogP contribution is -2.51. The summed E-state index contributed by atoms with van der Waals surface area (Å²) in [7, 11) is 0. The predicted octanol–water partition coefficient (Wildman–Crippen LogP) is -0.966. The number of Topliss-reactive ketones (excluding diaryl/α,β-unsaturated/α-hetero) is 1. The molecule has 0 heterocycles. The van der Waals surface area contributed by atoms with Gasteiger partial charge in [0.2, 0.25) is 5.78 Å². The molecule has 0 spiro atoms. The van der Waals surface area contributed by atoms with Gasteiger partial charge in [-0.25, -0.2) is 5.12 Å². The summed E-state index contributed by atoms with van der Waals surface area (Å²) in [5.41, 5.74) is 0.147. The van der Waals surface area contributed by atoms with Crippen molar-refractivity contribution in [3.63, 3.8) is 0 Å². The van der Waals surface area contributed by atoms with Gasteiger partial charge in [0.1, 0.15) is 5.70 Å². The van der Waals surface area contributed by atoms with Crippen molar-refractivity contribution in [3.8, 4) is 0 Å². The predicted molar refractivity (Wildman–Crippen MR) is 71.6 cm³/mol. The second-order valence-electron chi connectivity index (χ2n) is 3.81. The monoisotopic (exact) mass is 328 g/mol. The number of ketones is 1. The van der Waals surface area contributed by atoms with Crippen LogP contribution in [0.15, 0.2) is 36.0 Å². The first-order chi connectivity index (χ1) is 9.90. The van der Waals surface area contributed by atoms with Crippen LogP contribution >= 0.6 is 0 Å². The molecule has 0 aliphatic heterocycles. The maximum absolute atomic E-state index is 12.3. The molecule has 112 valence electrons. The maximum atomic E-state index is 12.3. The highest BCUT2D eigenvalue weighted by Gasteiger charge is 2.27. The largest absolute Gasteiger partial charge is 0.758 e. The molecule has 0 bridgehead atoms. The molecule has 0 saturated carbocycles. The van der Waals surface area contributed by atoms with Crippen molar-refractivity contribution in [2.24, 2.45) is 0 Å². The Hall–Kier alpha value is -1.76. The summed E-state index contributed by atoms with van der Waals surface area (Å²) >= 11 is -5.74. The third-order valence-electron chi connectivity index (χ3n) is 2.55. The van der Waals surface area contributed by atoms with Crippen molar-refractivity contribution in [2.75, 3.05) is 0 Å². The van der Waals surface area contributed by atoms with E-state index in [1.54, 1.807) is 27.9 Å². The van der Waals surface area contributed by atoms with Gasteiger partial charge in [-0.2, -0.15) is 0 Å². The Bertz CT molecular complexity index is 674. The number of nitrogens with one attached hydrogen (secondary N) is 3. The van der Waals surface area contributed by atoms with E-state index in [1.807, 2.05) is 0 Å². The van der Waals surface area contributed by atoms with Gasteiger partial charge in [0.15, 0.2) is 0 Å². The molecule has 2 atom stereocenters. The molecule has 21 heavy (non-hydrogen) atoms. The lowest BCUT2D eigenvalue weighted by Gasteiger charge is -2.30. The molecule has 1 aliphatic carbocycles. The van der Waals surface area contributed by atoms with Crippen molar-refractivity contribution in [1.82, 2.24) is 14.8 Å². The van der Waals surface area contributed by atoms with E-state index in [2.05, 4.69) is 0 Å². The third kappa shape index (κ3) is 3.47. The quantitative estimate of drug-likeness (QED) is 0.468. The van der Waals surface area contributed by atoms with Crippen molar-refractivity contribution in [1.29, 1.82) is 5.41 Å². The topological polar surface area (TPSA) is 148 Å². The molecule has 2 rings (SSSR count). The summed E-state index contributed by atoms with van der Waals surface area (Å²) < 4.78 is 42.7. The summed E-state index contributed by atoms with van der Waals surface area (Å²) in [4.78, 5) is 15.7. The lowest BCUT2D eigenvalue weighted by atomic mass is 9.92. The number of hydrogen-bond donors (Lipinski definition) is 3. The highest BCUT2D eigenvalue weighted by atomic mass is 32.2. The molecular weight excluding hydrogens is 320 g/mol. The van der Waals surface area contributed by atoms with Gasteiger partial charge in [-0.05, 0) is 6.08 Å². The zero-order valence-electron chi connectivity index (χ0n) is 10.2. The fourth-order valence-corrected chi connectivity index (χ4v) is 2.41. The van der Waals surface area contributed by atoms with Gasteiger partial charge in [-0.3, -0.25) is 13.2 Å². The second kappa shape index (κ2) is 6.34. The Morgan fingerprint density at radius 3 is 2.10 bits per heavy atom. The Morgan fingerprint density at radius 2 is 1.57 bits per heavy atom. The van der Waals surface area contributed by atoms with E-state index in [4.69, 9.17) is 5.41 Å². The van der Waals surface area contributed by atoms with Crippen molar-refractivity contribution >= 4 is 34.0 Å². The normalized spacial score (nSPS) is 17.0. The van der Waals surface area contributed by atoms with E-state index in [1.165, 1.54) is 6.07 Å². The molecule has 0 fully saturated rings. The van der Waals surface area contributed by atoms with Crippen LogP contribution in [0.5, 0.6) is 0 Å². The lowest BCUT2D eigenvalue weighted by molar-refractivity contribution is 0.0971. The molecule has 2 unspecified atom stereocenters. The molecule has 1 aromatic rings. The van der Waals surface area contributed by atoms with E-state index in [0.29, 0.717) is 10.7 Å². The summed E-state index contributed by atoms with van der Waals surface area (Å²) in [6, 6.07) is 6.24. The molecule has 0 radical (unpaired) electrons. The van der Waals surface area contributed by atoms with Gasteiger partial charge in [-0.15, -0.1) is 9.66 Å². The summed E-state index contributed by atoms with van der Waals surface area (Å²) in [5, 5.41) is 8.25. The van der Waals surface area contributed by atoms with Crippen LogP contribution in [0.1, 0.15) is 15.9 Å². The van der Waals surface area contributed by atoms with Crippen LogP contribution in [0.2, 0.25) is 0 Å². The number of benzene rings is 1. The average molecular weight is 328 g/mol. The first kappa shape index (κ1) is 15.6. The van der Waals surface area contributed by atoms with Crippen LogP contribution in [-0.4, -0.2) is 34.1 Å². The van der Waals surface area contributed by atoms with Crippen LogP contribution in [0.3, 0.4) is 0 Å². The molecule has 9 nitrogen and oxygen atoms in total.